The number of ether oxygens (including phenoxy) is 3. The standard InChI is InChI=1S/C54H78O7/c1-9-12-13-16-40-19-21-42(22-20-40)43-23-25-44(26-24-43)45-27-28-49(41(11-3)34-45)48-35-46(17-14-31-60-51(57)39(4)5)50(59-33-30-54(37-55,38-56)29-10-2)47(36-48)18-15-32-61-52(58)53(6,7)8/h23-28,34-36,40,42,55-56H,4,9-22,29-33,37-38H2,1-3,5-8H3. The molecule has 0 heterocycles. The van der Waals surface area contributed by atoms with Gasteiger partial charge in [-0.25, -0.2) is 4.79 Å². The summed E-state index contributed by atoms with van der Waals surface area (Å²) < 4.78 is 17.8. The SMILES string of the molecule is C=C(C)C(=O)OCCCc1cc(-c2ccc(-c3ccc(C4CCC(CCCCC)CC4)cc3)cc2CC)cc(CCCOC(=O)C(C)(C)C)c1OCCC(CO)(CO)CCC. The second kappa shape index (κ2) is 24.6. The zero-order chi connectivity index (χ0) is 44.4. The highest BCUT2D eigenvalue weighted by Crippen LogP contribution is 2.40. The van der Waals surface area contributed by atoms with E-state index in [1.54, 1.807) is 6.92 Å². The van der Waals surface area contributed by atoms with Crippen molar-refractivity contribution < 1.29 is 34.0 Å². The van der Waals surface area contributed by atoms with Gasteiger partial charge < -0.3 is 24.4 Å². The fraction of sp³-hybridized carbons (Fsp3) is 0.593. The van der Waals surface area contributed by atoms with Crippen molar-refractivity contribution in [3.63, 3.8) is 0 Å². The summed E-state index contributed by atoms with van der Waals surface area (Å²) in [6, 6.07) is 20.5. The van der Waals surface area contributed by atoms with Gasteiger partial charge in [-0.1, -0.05) is 102 Å². The summed E-state index contributed by atoms with van der Waals surface area (Å²) >= 11 is 0. The van der Waals surface area contributed by atoms with E-state index >= 15 is 0 Å². The number of hydrogen-bond acceptors (Lipinski definition) is 7. The van der Waals surface area contributed by atoms with Gasteiger partial charge in [0.1, 0.15) is 5.75 Å². The van der Waals surface area contributed by atoms with Gasteiger partial charge in [0.05, 0.1) is 38.4 Å². The van der Waals surface area contributed by atoms with E-state index in [0.717, 1.165) is 46.8 Å². The van der Waals surface area contributed by atoms with Crippen molar-refractivity contribution in [2.45, 2.75) is 157 Å². The minimum Gasteiger partial charge on any atom is -0.493 e. The molecule has 1 saturated carbocycles. The maximum Gasteiger partial charge on any atom is 0.333 e. The fourth-order valence-electron chi connectivity index (χ4n) is 8.82. The Hall–Kier alpha value is -3.94. The largest absolute Gasteiger partial charge is 0.493 e. The third-order valence-corrected chi connectivity index (χ3v) is 12.8. The Morgan fingerprint density at radius 1 is 0.705 bits per heavy atom. The van der Waals surface area contributed by atoms with Gasteiger partial charge in [-0.3, -0.25) is 4.79 Å². The molecule has 0 amide bonds. The summed E-state index contributed by atoms with van der Waals surface area (Å²) in [5.41, 5.74) is 8.54. The van der Waals surface area contributed by atoms with Crippen molar-refractivity contribution in [2.75, 3.05) is 33.0 Å². The van der Waals surface area contributed by atoms with Gasteiger partial charge in [-0.2, -0.15) is 0 Å². The van der Waals surface area contributed by atoms with E-state index in [-0.39, 0.29) is 32.4 Å². The molecule has 0 saturated heterocycles. The Morgan fingerprint density at radius 2 is 1.31 bits per heavy atom. The number of unbranched alkanes of at least 4 members (excludes halogenated alkanes) is 2. The lowest BCUT2D eigenvalue weighted by molar-refractivity contribution is -0.153. The quantitative estimate of drug-likeness (QED) is 0.0498. The lowest BCUT2D eigenvalue weighted by Gasteiger charge is -2.30. The topological polar surface area (TPSA) is 102 Å². The smallest absolute Gasteiger partial charge is 0.333 e. The van der Waals surface area contributed by atoms with Gasteiger partial charge >= 0.3 is 11.9 Å². The lowest BCUT2D eigenvalue weighted by Crippen LogP contribution is -2.31. The number of carbonyl (C=O) groups is 2. The molecule has 3 aromatic carbocycles. The van der Waals surface area contributed by atoms with Crippen molar-refractivity contribution in [2.24, 2.45) is 16.7 Å². The van der Waals surface area contributed by atoms with Crippen LogP contribution < -0.4 is 4.74 Å². The third kappa shape index (κ3) is 14.8. The summed E-state index contributed by atoms with van der Waals surface area (Å²) in [5, 5.41) is 20.6. The van der Waals surface area contributed by atoms with E-state index in [2.05, 4.69) is 81.9 Å². The molecule has 0 atom stereocenters. The molecule has 7 nitrogen and oxygen atoms in total. The van der Waals surface area contributed by atoms with Crippen LogP contribution in [0.15, 0.2) is 66.7 Å². The number of rotatable bonds is 25. The summed E-state index contributed by atoms with van der Waals surface area (Å²) in [7, 11) is 0. The zero-order valence-electron chi connectivity index (χ0n) is 38.8. The average Bonchev–Trinajstić information content (AvgIpc) is 3.26. The molecule has 336 valence electrons. The molecule has 1 fully saturated rings. The average molecular weight is 839 g/mol. The number of aliphatic hydroxyl groups excluding tert-OH is 2. The first-order valence-electron chi connectivity index (χ1n) is 23.5. The van der Waals surface area contributed by atoms with Crippen LogP contribution in [0.3, 0.4) is 0 Å². The number of hydrogen-bond donors (Lipinski definition) is 2. The zero-order valence-corrected chi connectivity index (χ0v) is 38.8. The first kappa shape index (κ1) is 49.7. The van der Waals surface area contributed by atoms with Crippen LogP contribution in [0.2, 0.25) is 0 Å². The van der Waals surface area contributed by atoms with Crippen LogP contribution in [0.5, 0.6) is 5.75 Å². The molecule has 1 aliphatic carbocycles. The van der Waals surface area contributed by atoms with Crippen molar-refractivity contribution in [3.05, 3.63) is 89.0 Å². The molecule has 61 heavy (non-hydrogen) atoms. The van der Waals surface area contributed by atoms with Gasteiger partial charge in [0.25, 0.3) is 0 Å². The second-order valence-electron chi connectivity index (χ2n) is 18.9. The Balaban J connectivity index is 1.65. The maximum absolute atomic E-state index is 12.6. The van der Waals surface area contributed by atoms with E-state index in [1.165, 1.54) is 73.6 Å². The predicted octanol–water partition coefficient (Wildman–Crippen LogP) is 12.6. The Labute approximate surface area is 368 Å². The molecule has 0 aromatic heterocycles. The summed E-state index contributed by atoms with van der Waals surface area (Å²) in [5.74, 6) is 1.69. The van der Waals surface area contributed by atoms with E-state index in [4.69, 9.17) is 14.2 Å². The summed E-state index contributed by atoms with van der Waals surface area (Å²) in [6.45, 7) is 18.1. The van der Waals surface area contributed by atoms with Crippen molar-refractivity contribution in [1.82, 2.24) is 0 Å². The van der Waals surface area contributed by atoms with E-state index in [1.807, 2.05) is 20.8 Å². The fourth-order valence-corrected chi connectivity index (χ4v) is 8.82. The number of esters is 2. The van der Waals surface area contributed by atoms with Crippen LogP contribution >= 0.6 is 0 Å². The van der Waals surface area contributed by atoms with Crippen molar-refractivity contribution in [1.29, 1.82) is 0 Å². The van der Waals surface area contributed by atoms with Crippen molar-refractivity contribution >= 4 is 11.9 Å². The van der Waals surface area contributed by atoms with Gasteiger partial charge in [-0.05, 0) is 167 Å². The highest BCUT2D eigenvalue weighted by atomic mass is 16.5. The highest BCUT2D eigenvalue weighted by molar-refractivity contribution is 5.86. The molecule has 7 heteroatoms. The van der Waals surface area contributed by atoms with Crippen LogP contribution in [0.1, 0.15) is 160 Å². The van der Waals surface area contributed by atoms with Gasteiger partial charge in [0.2, 0.25) is 0 Å². The molecule has 1 aliphatic rings. The van der Waals surface area contributed by atoms with E-state index < -0.39 is 16.8 Å². The van der Waals surface area contributed by atoms with Gasteiger partial charge in [0.15, 0.2) is 0 Å². The van der Waals surface area contributed by atoms with Crippen molar-refractivity contribution in [3.8, 4) is 28.0 Å². The third-order valence-electron chi connectivity index (χ3n) is 12.8. The van der Waals surface area contributed by atoms with Gasteiger partial charge in [0, 0.05) is 11.0 Å². The Bertz CT molecular complexity index is 1820. The normalized spacial score (nSPS) is 15.7. The summed E-state index contributed by atoms with van der Waals surface area (Å²) in [6.07, 6.45) is 16.0. The molecule has 4 rings (SSSR count). The number of carbonyl (C=O) groups excluding carboxylic acids is 2. The molecule has 2 N–H and O–H groups in total. The summed E-state index contributed by atoms with van der Waals surface area (Å²) in [4.78, 5) is 24.9. The molecule has 0 radical (unpaired) electrons. The number of aryl methyl sites for hydroxylation is 3. The molecule has 0 aliphatic heterocycles. The molecular formula is C54H78O7. The van der Waals surface area contributed by atoms with Crippen LogP contribution in [-0.2, 0) is 38.3 Å². The molecule has 0 spiro atoms. The van der Waals surface area contributed by atoms with E-state index in [0.29, 0.717) is 56.6 Å². The molecule has 0 unspecified atom stereocenters. The van der Waals surface area contributed by atoms with Crippen LogP contribution in [0.4, 0.5) is 0 Å². The Morgan fingerprint density at radius 3 is 1.87 bits per heavy atom. The lowest BCUT2D eigenvalue weighted by atomic mass is 9.77. The number of aliphatic hydroxyl groups is 2. The first-order chi connectivity index (χ1) is 29.3. The van der Waals surface area contributed by atoms with Crippen LogP contribution in [-0.4, -0.2) is 55.2 Å². The number of benzene rings is 3. The van der Waals surface area contributed by atoms with E-state index in [9.17, 15) is 19.8 Å². The monoisotopic (exact) mass is 839 g/mol. The maximum atomic E-state index is 12.6. The molecule has 0 bridgehead atoms. The minimum absolute atomic E-state index is 0.118. The van der Waals surface area contributed by atoms with Crippen LogP contribution in [0.25, 0.3) is 22.3 Å². The second-order valence-corrected chi connectivity index (χ2v) is 18.9. The van der Waals surface area contributed by atoms with Crippen LogP contribution in [0, 0.1) is 16.7 Å². The first-order valence-corrected chi connectivity index (χ1v) is 23.5. The molecular weight excluding hydrogens is 761 g/mol. The Kier molecular flexibility index (Phi) is 20.1. The van der Waals surface area contributed by atoms with Gasteiger partial charge in [-0.15, -0.1) is 0 Å². The predicted molar refractivity (Wildman–Crippen MR) is 250 cm³/mol. The molecule has 3 aromatic rings. The minimum atomic E-state index is -0.627. The highest BCUT2D eigenvalue weighted by Gasteiger charge is 2.29.